The highest BCUT2D eigenvalue weighted by atomic mass is 32.2. The Kier molecular flexibility index (Phi) is 5.69. The molecule has 11 nitrogen and oxygen atoms in total. The molecule has 1 aliphatic rings. The first-order chi connectivity index (χ1) is 14.2. The number of nitrogens with zero attached hydrogens (tertiary/aromatic N) is 3. The van der Waals surface area contributed by atoms with Crippen molar-refractivity contribution < 1.29 is 29.3 Å². The molecular formula is C18H13N3O8S. The van der Waals surface area contributed by atoms with Gasteiger partial charge in [-0.15, -0.1) is 0 Å². The molecule has 2 aromatic rings. The number of nitro benzene ring substituents is 2. The molecule has 0 radical (unpaired) electrons. The number of hydrogen-bond donors (Lipinski definition) is 1. The molecule has 3 rings (SSSR count). The summed E-state index contributed by atoms with van der Waals surface area (Å²) in [4.78, 5) is 46.5. The Morgan fingerprint density at radius 1 is 1.13 bits per heavy atom. The lowest BCUT2D eigenvalue weighted by Crippen LogP contribution is -2.27. The van der Waals surface area contributed by atoms with E-state index in [4.69, 9.17) is 4.74 Å². The van der Waals surface area contributed by atoms with E-state index in [0.29, 0.717) is 17.3 Å². The maximum atomic E-state index is 12.7. The Labute approximate surface area is 172 Å². The number of carbonyl (C=O) groups is 2. The number of non-ortho nitro benzene ring substituents is 2. The van der Waals surface area contributed by atoms with E-state index in [9.17, 15) is 34.9 Å². The summed E-state index contributed by atoms with van der Waals surface area (Å²) in [5, 5.41) is 31.6. The predicted octanol–water partition coefficient (Wildman–Crippen LogP) is 3.45. The third kappa shape index (κ3) is 4.07. The number of amides is 2. The molecule has 1 fully saturated rings. The molecule has 1 saturated heterocycles. The van der Waals surface area contributed by atoms with Gasteiger partial charge in [-0.25, -0.2) is 0 Å². The molecule has 154 valence electrons. The standard InChI is InChI=1S/C18H13N3O8S/c1-29-14-8-13(21(27)28)6-11(16(14)22)7-15-17(23)19(18(24)30-15)9-10-3-2-4-12(5-10)20(25)26/h2-8,22H,9H2,1H3/b15-7+. The Hall–Kier alpha value is -3.93. The number of hydrogen-bond acceptors (Lipinski definition) is 9. The van der Waals surface area contributed by atoms with Gasteiger partial charge in [0, 0.05) is 23.8 Å². The van der Waals surface area contributed by atoms with Gasteiger partial charge < -0.3 is 9.84 Å². The van der Waals surface area contributed by atoms with Crippen molar-refractivity contribution in [2.24, 2.45) is 0 Å². The van der Waals surface area contributed by atoms with Crippen LogP contribution in [0.1, 0.15) is 11.1 Å². The Morgan fingerprint density at radius 3 is 2.47 bits per heavy atom. The molecule has 12 heteroatoms. The molecule has 0 aromatic heterocycles. The fourth-order valence-corrected chi connectivity index (χ4v) is 3.54. The van der Waals surface area contributed by atoms with Crippen LogP contribution >= 0.6 is 11.8 Å². The van der Waals surface area contributed by atoms with Gasteiger partial charge in [-0.1, -0.05) is 12.1 Å². The lowest BCUT2D eigenvalue weighted by molar-refractivity contribution is -0.385. The maximum absolute atomic E-state index is 12.7. The Bertz CT molecular complexity index is 1110. The number of rotatable bonds is 6. The van der Waals surface area contributed by atoms with Crippen molar-refractivity contribution in [2.45, 2.75) is 6.54 Å². The van der Waals surface area contributed by atoms with Gasteiger partial charge in [-0.3, -0.25) is 34.7 Å². The molecule has 0 bridgehead atoms. The SMILES string of the molecule is COc1cc([N+](=O)[O-])cc(/C=C2/SC(=O)N(Cc3cccc([N+](=O)[O-])c3)C2=O)c1O. The van der Waals surface area contributed by atoms with E-state index in [1.165, 1.54) is 31.4 Å². The average molecular weight is 431 g/mol. The van der Waals surface area contributed by atoms with Crippen LogP contribution in [0.25, 0.3) is 6.08 Å². The minimum Gasteiger partial charge on any atom is -0.504 e. The van der Waals surface area contributed by atoms with E-state index in [-0.39, 0.29) is 34.1 Å². The van der Waals surface area contributed by atoms with Crippen LogP contribution in [0.2, 0.25) is 0 Å². The molecule has 0 atom stereocenters. The monoisotopic (exact) mass is 431 g/mol. The minimum atomic E-state index is -0.693. The highest BCUT2D eigenvalue weighted by Crippen LogP contribution is 2.39. The first-order valence-corrected chi connectivity index (χ1v) is 9.07. The zero-order valence-corrected chi connectivity index (χ0v) is 16.1. The molecule has 1 aliphatic heterocycles. The smallest absolute Gasteiger partial charge is 0.293 e. The van der Waals surface area contributed by atoms with Crippen molar-refractivity contribution in [3.05, 3.63) is 72.7 Å². The number of carbonyl (C=O) groups excluding carboxylic acids is 2. The molecule has 2 amide bonds. The normalized spacial score (nSPS) is 15.0. The van der Waals surface area contributed by atoms with E-state index in [1.807, 2.05) is 0 Å². The van der Waals surface area contributed by atoms with Gasteiger partial charge in [0.2, 0.25) is 0 Å². The topological polar surface area (TPSA) is 153 Å². The average Bonchev–Trinajstić information content (AvgIpc) is 2.97. The molecule has 1 heterocycles. The highest BCUT2D eigenvalue weighted by molar-refractivity contribution is 8.18. The third-order valence-electron chi connectivity index (χ3n) is 4.14. The minimum absolute atomic E-state index is 0.0664. The Morgan fingerprint density at radius 2 is 1.83 bits per heavy atom. The van der Waals surface area contributed by atoms with Gasteiger partial charge in [-0.05, 0) is 23.4 Å². The second kappa shape index (κ2) is 8.21. The summed E-state index contributed by atoms with van der Waals surface area (Å²) in [5.41, 5.74) is -0.232. The van der Waals surface area contributed by atoms with E-state index < -0.39 is 26.7 Å². The lowest BCUT2D eigenvalue weighted by atomic mass is 10.1. The lowest BCUT2D eigenvalue weighted by Gasteiger charge is -2.12. The van der Waals surface area contributed by atoms with E-state index in [1.54, 1.807) is 0 Å². The van der Waals surface area contributed by atoms with Crippen molar-refractivity contribution in [3.8, 4) is 11.5 Å². The second-order valence-electron chi connectivity index (χ2n) is 6.04. The van der Waals surface area contributed by atoms with Crippen LogP contribution in [0, 0.1) is 20.2 Å². The maximum Gasteiger partial charge on any atom is 0.293 e. The quantitative estimate of drug-likeness (QED) is 0.411. The van der Waals surface area contributed by atoms with Crippen molar-refractivity contribution in [3.63, 3.8) is 0 Å². The molecule has 0 saturated carbocycles. The van der Waals surface area contributed by atoms with Crippen LogP contribution in [-0.4, -0.2) is 38.1 Å². The number of imide groups is 1. The molecule has 0 spiro atoms. The summed E-state index contributed by atoms with van der Waals surface area (Å²) < 4.78 is 4.91. The van der Waals surface area contributed by atoms with Gasteiger partial charge >= 0.3 is 0 Å². The molecule has 30 heavy (non-hydrogen) atoms. The van der Waals surface area contributed by atoms with Crippen molar-refractivity contribution in [1.82, 2.24) is 4.90 Å². The molecule has 0 aliphatic carbocycles. The first kappa shape index (κ1) is 20.8. The number of ether oxygens (including phenoxy) is 1. The first-order valence-electron chi connectivity index (χ1n) is 8.25. The van der Waals surface area contributed by atoms with Gasteiger partial charge in [-0.2, -0.15) is 0 Å². The summed E-state index contributed by atoms with van der Waals surface area (Å²) >= 11 is 0.586. The summed E-state index contributed by atoms with van der Waals surface area (Å²) in [6, 6.07) is 7.60. The van der Waals surface area contributed by atoms with Gasteiger partial charge in [0.05, 0.1) is 34.5 Å². The van der Waals surface area contributed by atoms with E-state index in [2.05, 4.69) is 0 Å². The van der Waals surface area contributed by atoms with Crippen molar-refractivity contribution in [2.75, 3.05) is 7.11 Å². The summed E-state index contributed by atoms with van der Waals surface area (Å²) in [6.07, 6.45) is 1.16. The van der Waals surface area contributed by atoms with E-state index >= 15 is 0 Å². The number of nitro groups is 2. The van der Waals surface area contributed by atoms with Crippen LogP contribution < -0.4 is 4.74 Å². The fraction of sp³-hybridized carbons (Fsp3) is 0.111. The summed E-state index contributed by atoms with van der Waals surface area (Å²) in [7, 11) is 1.22. The second-order valence-corrected chi connectivity index (χ2v) is 7.03. The van der Waals surface area contributed by atoms with Gasteiger partial charge in [0.25, 0.3) is 22.5 Å². The fourth-order valence-electron chi connectivity index (χ4n) is 2.71. The highest BCUT2D eigenvalue weighted by Gasteiger charge is 2.35. The van der Waals surface area contributed by atoms with Crippen molar-refractivity contribution in [1.29, 1.82) is 0 Å². The molecule has 2 aromatic carbocycles. The number of phenols is 1. The Balaban J connectivity index is 1.92. The van der Waals surface area contributed by atoms with Crippen LogP contribution in [0.4, 0.5) is 16.2 Å². The van der Waals surface area contributed by atoms with Crippen LogP contribution in [0.15, 0.2) is 41.3 Å². The largest absolute Gasteiger partial charge is 0.504 e. The van der Waals surface area contributed by atoms with E-state index in [0.717, 1.165) is 23.1 Å². The number of methoxy groups -OCH3 is 1. The van der Waals surface area contributed by atoms with Crippen LogP contribution in [0.5, 0.6) is 11.5 Å². The molecule has 1 N–H and O–H groups in total. The third-order valence-corrected chi connectivity index (χ3v) is 5.05. The van der Waals surface area contributed by atoms with Gasteiger partial charge in [0.15, 0.2) is 11.5 Å². The van der Waals surface area contributed by atoms with Crippen LogP contribution in [0.3, 0.4) is 0 Å². The van der Waals surface area contributed by atoms with Gasteiger partial charge in [0.1, 0.15) is 0 Å². The van der Waals surface area contributed by atoms with Crippen molar-refractivity contribution >= 4 is 40.4 Å². The zero-order chi connectivity index (χ0) is 22.0. The number of aromatic hydroxyl groups is 1. The molecular weight excluding hydrogens is 418 g/mol. The number of benzene rings is 2. The summed E-state index contributed by atoms with van der Waals surface area (Å²) in [6.45, 7) is -0.187. The predicted molar refractivity (Wildman–Crippen MR) is 106 cm³/mol. The summed E-state index contributed by atoms with van der Waals surface area (Å²) in [5.74, 6) is -1.28. The van der Waals surface area contributed by atoms with Crippen LogP contribution in [-0.2, 0) is 11.3 Å². The number of phenolic OH excluding ortho intramolecular Hbond substituents is 1. The molecule has 0 unspecified atom stereocenters. The zero-order valence-electron chi connectivity index (χ0n) is 15.3. The number of thioether (sulfide) groups is 1.